The lowest BCUT2D eigenvalue weighted by Gasteiger charge is -2.19. The van der Waals surface area contributed by atoms with E-state index >= 15 is 0 Å². The number of fused-ring (bicyclic) bond motifs is 1. The molecule has 0 amide bonds. The lowest BCUT2D eigenvalue weighted by molar-refractivity contribution is -0.147. The summed E-state index contributed by atoms with van der Waals surface area (Å²) in [5, 5.41) is 19.4. The van der Waals surface area contributed by atoms with Crippen LogP contribution in [0.2, 0.25) is 0 Å². The lowest BCUT2D eigenvalue weighted by atomic mass is 9.84. The predicted octanol–water partition coefficient (Wildman–Crippen LogP) is 2.79. The third kappa shape index (κ3) is 5.15. The van der Waals surface area contributed by atoms with Crippen LogP contribution in [-0.4, -0.2) is 47.2 Å². The van der Waals surface area contributed by atoms with Crippen molar-refractivity contribution in [2.75, 3.05) is 19.7 Å². The molecule has 8 heteroatoms. The van der Waals surface area contributed by atoms with Crippen molar-refractivity contribution in [3.05, 3.63) is 83.6 Å². The molecule has 0 saturated heterocycles. The van der Waals surface area contributed by atoms with Crippen molar-refractivity contribution in [2.24, 2.45) is 11.8 Å². The molecule has 0 spiro atoms. The summed E-state index contributed by atoms with van der Waals surface area (Å²) in [6, 6.07) is 15.4. The number of esters is 1. The second kappa shape index (κ2) is 10.0. The second-order valence-electron chi connectivity index (χ2n) is 8.02. The highest BCUT2D eigenvalue weighted by Crippen LogP contribution is 2.31. The van der Waals surface area contributed by atoms with E-state index in [0.717, 1.165) is 11.1 Å². The summed E-state index contributed by atoms with van der Waals surface area (Å²) in [7, 11) is 0. The molecule has 2 aromatic carbocycles. The Balaban J connectivity index is 1.29. The van der Waals surface area contributed by atoms with Gasteiger partial charge in [-0.3, -0.25) is 9.59 Å². The summed E-state index contributed by atoms with van der Waals surface area (Å²) < 4.78 is 10.5. The quantitative estimate of drug-likeness (QED) is 0.474. The summed E-state index contributed by atoms with van der Waals surface area (Å²) in [5.41, 5.74) is 1.73. The van der Waals surface area contributed by atoms with E-state index in [1.54, 1.807) is 23.3 Å². The van der Waals surface area contributed by atoms with Crippen LogP contribution in [0.15, 0.2) is 72.5 Å². The zero-order valence-electron chi connectivity index (χ0n) is 18.2. The van der Waals surface area contributed by atoms with Crippen molar-refractivity contribution >= 4 is 17.5 Å². The maximum absolute atomic E-state index is 12.7. The molecular weight excluding hydrogens is 436 g/mol. The number of allylic oxidation sites excluding steroid dienone is 2. The minimum atomic E-state index is -0.759. The number of phenols is 1. The van der Waals surface area contributed by atoms with E-state index in [4.69, 9.17) is 14.7 Å². The van der Waals surface area contributed by atoms with Crippen molar-refractivity contribution in [2.45, 2.75) is 6.61 Å². The molecule has 8 nitrogen and oxygen atoms in total. The van der Waals surface area contributed by atoms with Gasteiger partial charge in [-0.1, -0.05) is 42.5 Å². The fourth-order valence-electron chi connectivity index (χ4n) is 3.87. The number of Topliss-reactive ketones (excluding diaryl/α,β-unsaturated/α-hetero) is 2. The first-order valence-corrected chi connectivity index (χ1v) is 10.7. The molecule has 0 radical (unpaired) electrons. The number of carbonyl (C=O) groups excluding carboxylic acids is 3. The Morgan fingerprint density at radius 2 is 1.97 bits per heavy atom. The number of carbonyl (C=O) groups is 3. The third-order valence-electron chi connectivity index (χ3n) is 5.64. The number of aromatic hydroxyl groups is 1. The van der Waals surface area contributed by atoms with E-state index in [-0.39, 0.29) is 48.4 Å². The molecule has 0 fully saturated rings. The summed E-state index contributed by atoms with van der Waals surface area (Å²) in [6.45, 7) is 0.0781. The van der Waals surface area contributed by atoms with Gasteiger partial charge in [0.05, 0.1) is 24.1 Å². The van der Waals surface area contributed by atoms with Crippen LogP contribution in [0.5, 0.6) is 11.5 Å². The lowest BCUT2D eigenvalue weighted by Crippen LogP contribution is -2.31. The zero-order chi connectivity index (χ0) is 24.1. The number of nitrogens with zero attached hydrogens (tertiary/aromatic N) is 2. The normalized spacial score (nSPS) is 18.6. The fraction of sp³-hybridized carbons (Fsp3) is 0.231. The maximum Gasteiger partial charge on any atom is 0.344 e. The van der Waals surface area contributed by atoms with Gasteiger partial charge in [0.2, 0.25) is 0 Å². The molecule has 1 heterocycles. The monoisotopic (exact) mass is 458 g/mol. The van der Waals surface area contributed by atoms with E-state index < -0.39 is 17.8 Å². The average molecular weight is 458 g/mol. The second-order valence-corrected chi connectivity index (χ2v) is 8.02. The van der Waals surface area contributed by atoms with Crippen LogP contribution in [0.25, 0.3) is 0 Å². The van der Waals surface area contributed by atoms with Crippen molar-refractivity contribution in [1.29, 1.82) is 5.26 Å². The van der Waals surface area contributed by atoms with E-state index in [9.17, 15) is 19.5 Å². The number of hydrogen-bond donors (Lipinski definition) is 1. The number of phenolic OH excluding ortho intramolecular Hbond substituents is 1. The van der Waals surface area contributed by atoms with E-state index in [2.05, 4.69) is 0 Å². The minimum Gasteiger partial charge on any atom is -0.507 e. The first kappa shape index (κ1) is 22.8. The highest BCUT2D eigenvalue weighted by atomic mass is 16.6. The van der Waals surface area contributed by atoms with Crippen LogP contribution in [0.3, 0.4) is 0 Å². The number of nitriles is 1. The first-order chi connectivity index (χ1) is 16.4. The third-order valence-corrected chi connectivity index (χ3v) is 5.64. The van der Waals surface area contributed by atoms with Gasteiger partial charge in [-0.25, -0.2) is 4.79 Å². The van der Waals surface area contributed by atoms with Crippen LogP contribution in [-0.2, 0) is 20.9 Å². The molecule has 1 aliphatic carbocycles. The smallest absolute Gasteiger partial charge is 0.344 e. The predicted molar refractivity (Wildman–Crippen MR) is 121 cm³/mol. The molecule has 2 aromatic rings. The molecule has 0 bridgehead atoms. The summed E-state index contributed by atoms with van der Waals surface area (Å²) in [4.78, 5) is 38.7. The van der Waals surface area contributed by atoms with Crippen LogP contribution >= 0.6 is 0 Å². The van der Waals surface area contributed by atoms with E-state index in [1.165, 1.54) is 18.2 Å². The number of ether oxygens (including phenoxy) is 2. The van der Waals surface area contributed by atoms with E-state index in [0.29, 0.717) is 6.54 Å². The Morgan fingerprint density at radius 1 is 1.18 bits per heavy atom. The Bertz CT molecular complexity index is 1210. The largest absolute Gasteiger partial charge is 0.507 e. The summed E-state index contributed by atoms with van der Waals surface area (Å²) >= 11 is 0. The van der Waals surface area contributed by atoms with Gasteiger partial charge in [-0.2, -0.15) is 5.26 Å². The molecule has 0 saturated carbocycles. The molecule has 34 heavy (non-hydrogen) atoms. The molecular formula is C26H22N2O6. The highest BCUT2D eigenvalue weighted by Gasteiger charge is 2.36. The standard InChI is InChI=1S/C26H22N2O6/c27-11-18-6-7-19-12-28(13-22(19)26(18)32)14-24(30)21-9-8-20(10-23(21)29)33-16-25(31)34-15-17-4-2-1-3-5-17/h1-10,12,18,22,29H,13-16H2. The highest BCUT2D eigenvalue weighted by molar-refractivity contribution is 6.00. The Labute approximate surface area is 196 Å². The van der Waals surface area contributed by atoms with Crippen molar-refractivity contribution in [1.82, 2.24) is 4.90 Å². The van der Waals surface area contributed by atoms with Gasteiger partial charge in [0.25, 0.3) is 0 Å². The molecule has 2 unspecified atom stereocenters. The van der Waals surface area contributed by atoms with E-state index in [1.807, 2.05) is 36.4 Å². The van der Waals surface area contributed by atoms with Crippen LogP contribution in [0.1, 0.15) is 15.9 Å². The maximum atomic E-state index is 12.7. The Hall–Kier alpha value is -4.38. The van der Waals surface area contributed by atoms with Crippen molar-refractivity contribution in [3.63, 3.8) is 0 Å². The molecule has 2 aliphatic rings. The average Bonchev–Trinajstić information content (AvgIpc) is 3.25. The SMILES string of the molecule is N#CC1C=CC2=CN(CC(=O)c3ccc(OCC(=O)OCc4ccccc4)cc3O)CC2C1=O. The van der Waals surface area contributed by atoms with Gasteiger partial charge in [0.15, 0.2) is 18.2 Å². The number of ketones is 2. The Morgan fingerprint density at radius 3 is 2.71 bits per heavy atom. The zero-order valence-corrected chi connectivity index (χ0v) is 18.2. The van der Waals surface area contributed by atoms with Gasteiger partial charge in [0, 0.05) is 18.8 Å². The topological polar surface area (TPSA) is 117 Å². The minimum absolute atomic E-state index is 0.0298. The van der Waals surface area contributed by atoms with Gasteiger partial charge >= 0.3 is 5.97 Å². The van der Waals surface area contributed by atoms with Gasteiger partial charge in [-0.05, 0) is 23.3 Å². The molecule has 4 rings (SSSR count). The van der Waals surface area contributed by atoms with Crippen molar-refractivity contribution < 1.29 is 29.0 Å². The summed E-state index contributed by atoms with van der Waals surface area (Å²) in [6.07, 6.45) is 5.05. The molecule has 2 atom stereocenters. The number of rotatable bonds is 8. The van der Waals surface area contributed by atoms with Gasteiger partial charge in [-0.15, -0.1) is 0 Å². The van der Waals surface area contributed by atoms with Crippen LogP contribution in [0, 0.1) is 23.2 Å². The number of benzene rings is 2. The molecule has 0 aromatic heterocycles. The Kier molecular flexibility index (Phi) is 6.74. The summed E-state index contributed by atoms with van der Waals surface area (Å²) in [5.74, 6) is -2.30. The van der Waals surface area contributed by atoms with Crippen molar-refractivity contribution in [3.8, 4) is 17.6 Å². The van der Waals surface area contributed by atoms with Crippen LogP contribution < -0.4 is 4.74 Å². The fourth-order valence-corrected chi connectivity index (χ4v) is 3.87. The first-order valence-electron chi connectivity index (χ1n) is 10.7. The molecule has 1 aliphatic heterocycles. The molecule has 1 N–H and O–H groups in total. The van der Waals surface area contributed by atoms with Gasteiger partial charge < -0.3 is 19.5 Å². The molecule has 172 valence electrons. The van der Waals surface area contributed by atoms with Crippen LogP contribution in [0.4, 0.5) is 0 Å². The number of hydrogen-bond acceptors (Lipinski definition) is 8. The van der Waals surface area contributed by atoms with Gasteiger partial charge in [0.1, 0.15) is 24.0 Å².